The van der Waals surface area contributed by atoms with Gasteiger partial charge >= 0.3 is 7.60 Å². The molecular formula is C10H24NO4PS. The van der Waals surface area contributed by atoms with Crippen molar-refractivity contribution in [3.8, 4) is 0 Å². The van der Waals surface area contributed by atoms with Crippen molar-refractivity contribution in [1.82, 2.24) is 4.72 Å². The van der Waals surface area contributed by atoms with E-state index in [1.807, 2.05) is 34.6 Å². The molecule has 0 fully saturated rings. The summed E-state index contributed by atoms with van der Waals surface area (Å²) < 4.78 is 36.7. The molecule has 5 nitrogen and oxygen atoms in total. The SMILES string of the molecule is COP(=O)(OC)[C@@H](NS(=O)C(C)(C)C)C(C)C. The van der Waals surface area contributed by atoms with Gasteiger partial charge in [-0.05, 0) is 26.7 Å². The maximum atomic E-state index is 12.3. The van der Waals surface area contributed by atoms with Gasteiger partial charge in [-0.15, -0.1) is 0 Å². The van der Waals surface area contributed by atoms with Crippen LogP contribution in [-0.4, -0.2) is 29.0 Å². The van der Waals surface area contributed by atoms with Crippen molar-refractivity contribution < 1.29 is 17.8 Å². The summed E-state index contributed by atoms with van der Waals surface area (Å²) in [5.74, 6) is -0.607. The Labute approximate surface area is 107 Å². The third-order valence-corrected chi connectivity index (χ3v) is 6.44. The van der Waals surface area contributed by atoms with Gasteiger partial charge in [0.25, 0.3) is 0 Å². The fraction of sp³-hybridized carbons (Fsp3) is 1.00. The second-order valence-electron chi connectivity index (χ2n) is 5.09. The summed E-state index contributed by atoms with van der Waals surface area (Å²) in [7, 11) is -1.93. The molecule has 0 aliphatic rings. The zero-order valence-corrected chi connectivity index (χ0v) is 13.4. The van der Waals surface area contributed by atoms with Crippen molar-refractivity contribution in [2.75, 3.05) is 14.2 Å². The van der Waals surface area contributed by atoms with E-state index >= 15 is 0 Å². The highest BCUT2D eigenvalue weighted by Gasteiger charge is 2.39. The van der Waals surface area contributed by atoms with Crippen LogP contribution in [0.5, 0.6) is 0 Å². The molecule has 0 aliphatic heterocycles. The molecule has 0 radical (unpaired) electrons. The Morgan fingerprint density at radius 2 is 1.59 bits per heavy atom. The highest BCUT2D eigenvalue weighted by atomic mass is 32.2. The molecule has 0 bridgehead atoms. The van der Waals surface area contributed by atoms with Crippen molar-refractivity contribution in [3.05, 3.63) is 0 Å². The average Bonchev–Trinajstić information content (AvgIpc) is 2.22. The lowest BCUT2D eigenvalue weighted by Crippen LogP contribution is -2.42. The number of rotatable bonds is 6. The maximum Gasteiger partial charge on any atom is 0.348 e. The molecule has 1 unspecified atom stereocenters. The summed E-state index contributed by atoms with van der Waals surface area (Å²) in [4.78, 5) is 0. The molecule has 0 aromatic rings. The van der Waals surface area contributed by atoms with Gasteiger partial charge in [-0.3, -0.25) is 4.57 Å². The average molecular weight is 285 g/mol. The van der Waals surface area contributed by atoms with Crippen molar-refractivity contribution in [3.63, 3.8) is 0 Å². The Balaban J connectivity index is 5.03. The summed E-state index contributed by atoms with van der Waals surface area (Å²) >= 11 is 0. The van der Waals surface area contributed by atoms with E-state index in [2.05, 4.69) is 4.72 Å². The van der Waals surface area contributed by atoms with Gasteiger partial charge in [0, 0.05) is 14.2 Å². The molecule has 0 rings (SSSR count). The maximum absolute atomic E-state index is 12.3. The van der Waals surface area contributed by atoms with Gasteiger partial charge in [-0.1, -0.05) is 13.8 Å². The van der Waals surface area contributed by atoms with E-state index < -0.39 is 29.1 Å². The van der Waals surface area contributed by atoms with Crippen molar-refractivity contribution in [1.29, 1.82) is 0 Å². The van der Waals surface area contributed by atoms with Crippen LogP contribution in [-0.2, 0) is 24.6 Å². The predicted molar refractivity (Wildman–Crippen MR) is 71.3 cm³/mol. The van der Waals surface area contributed by atoms with Gasteiger partial charge in [0.1, 0.15) is 5.78 Å². The van der Waals surface area contributed by atoms with E-state index in [4.69, 9.17) is 9.05 Å². The van der Waals surface area contributed by atoms with Crippen molar-refractivity contribution >= 4 is 18.6 Å². The van der Waals surface area contributed by atoms with Crippen molar-refractivity contribution in [2.45, 2.75) is 45.1 Å². The van der Waals surface area contributed by atoms with Gasteiger partial charge in [0.15, 0.2) is 0 Å². The van der Waals surface area contributed by atoms with Gasteiger partial charge in [0.2, 0.25) is 0 Å². The Morgan fingerprint density at radius 1 is 1.18 bits per heavy atom. The Hall–Kier alpha value is 0.260. The molecule has 0 spiro atoms. The van der Waals surface area contributed by atoms with Crippen LogP contribution in [0.4, 0.5) is 0 Å². The van der Waals surface area contributed by atoms with Crippen LogP contribution in [0.2, 0.25) is 0 Å². The first-order chi connectivity index (χ1) is 7.58. The predicted octanol–water partition coefficient (Wildman–Crippen LogP) is 2.51. The molecule has 0 saturated carbocycles. The summed E-state index contributed by atoms with van der Waals surface area (Å²) in [6.45, 7) is 9.29. The smallest absolute Gasteiger partial charge is 0.311 e. The van der Waals surface area contributed by atoms with E-state index in [0.717, 1.165) is 0 Å². The van der Waals surface area contributed by atoms with Crippen LogP contribution in [0.3, 0.4) is 0 Å². The molecule has 7 heteroatoms. The minimum Gasteiger partial charge on any atom is -0.311 e. The lowest BCUT2D eigenvalue weighted by molar-refractivity contribution is 0.254. The summed E-state index contributed by atoms with van der Waals surface area (Å²) in [6, 6.07) is 0. The Kier molecular flexibility index (Phi) is 6.53. The molecule has 0 amide bonds. The largest absolute Gasteiger partial charge is 0.348 e. The quantitative estimate of drug-likeness (QED) is 0.762. The molecule has 2 atom stereocenters. The zero-order chi connectivity index (χ0) is 13.9. The molecule has 1 N–H and O–H groups in total. The molecule has 17 heavy (non-hydrogen) atoms. The molecule has 104 valence electrons. The lowest BCUT2D eigenvalue weighted by atomic mass is 10.2. The van der Waals surface area contributed by atoms with E-state index in [1.54, 1.807) is 0 Å². The van der Waals surface area contributed by atoms with E-state index in [1.165, 1.54) is 14.2 Å². The summed E-state index contributed by atoms with van der Waals surface area (Å²) in [5, 5.41) is 0. The third kappa shape index (κ3) is 4.79. The van der Waals surface area contributed by atoms with E-state index in [0.29, 0.717) is 0 Å². The molecule has 0 aliphatic carbocycles. The molecular weight excluding hydrogens is 261 g/mol. The Bertz CT molecular complexity index is 306. The van der Waals surface area contributed by atoms with Crippen LogP contribution < -0.4 is 4.72 Å². The second kappa shape index (κ2) is 6.43. The molecule has 0 aromatic carbocycles. The van der Waals surface area contributed by atoms with Crippen LogP contribution in [0.25, 0.3) is 0 Å². The first-order valence-electron chi connectivity index (χ1n) is 5.47. The highest BCUT2D eigenvalue weighted by Crippen LogP contribution is 2.53. The monoisotopic (exact) mass is 285 g/mol. The van der Waals surface area contributed by atoms with Crippen LogP contribution in [0.15, 0.2) is 0 Å². The van der Waals surface area contributed by atoms with Gasteiger partial charge < -0.3 is 9.05 Å². The normalized spacial score (nSPS) is 17.2. The standard InChI is InChI=1S/C10H24NO4PS/c1-8(2)9(16(12,14-6)15-7)11-17(13)10(3,4)5/h8-9,11H,1-7H3/t9-,17?/m1/s1. The van der Waals surface area contributed by atoms with Gasteiger partial charge in [-0.25, -0.2) is 8.93 Å². The summed E-state index contributed by atoms with van der Waals surface area (Å²) in [6.07, 6.45) is 0. The number of hydrogen-bond donors (Lipinski definition) is 1. The fourth-order valence-electron chi connectivity index (χ4n) is 1.15. The van der Waals surface area contributed by atoms with E-state index in [-0.39, 0.29) is 5.92 Å². The van der Waals surface area contributed by atoms with E-state index in [9.17, 15) is 8.77 Å². The summed E-state index contributed by atoms with van der Waals surface area (Å²) in [5.41, 5.74) is 0. The van der Waals surface area contributed by atoms with Crippen LogP contribution in [0.1, 0.15) is 34.6 Å². The number of hydrogen-bond acceptors (Lipinski definition) is 4. The van der Waals surface area contributed by atoms with Crippen LogP contribution in [0, 0.1) is 5.92 Å². The molecule has 0 saturated heterocycles. The fourth-order valence-corrected chi connectivity index (χ4v) is 4.14. The topological polar surface area (TPSA) is 64.6 Å². The molecule has 0 aromatic heterocycles. The minimum absolute atomic E-state index is 0.0213. The minimum atomic E-state index is -3.28. The second-order valence-corrected chi connectivity index (χ2v) is 9.46. The first-order valence-corrected chi connectivity index (χ1v) is 8.24. The first kappa shape index (κ1) is 17.3. The lowest BCUT2D eigenvalue weighted by Gasteiger charge is -2.30. The van der Waals surface area contributed by atoms with Gasteiger partial charge in [0.05, 0.1) is 15.7 Å². The van der Waals surface area contributed by atoms with Gasteiger partial charge in [-0.2, -0.15) is 0 Å². The highest BCUT2D eigenvalue weighted by molar-refractivity contribution is 7.84. The Morgan fingerprint density at radius 3 is 1.82 bits per heavy atom. The van der Waals surface area contributed by atoms with Crippen LogP contribution >= 0.6 is 7.60 Å². The number of nitrogens with one attached hydrogen (secondary N) is 1. The van der Waals surface area contributed by atoms with Crippen molar-refractivity contribution in [2.24, 2.45) is 5.92 Å². The third-order valence-electron chi connectivity index (χ3n) is 2.27. The molecule has 0 heterocycles. The zero-order valence-electron chi connectivity index (χ0n) is 11.6.